The number of hydrogen-bond donors (Lipinski definition) is 2. The Bertz CT molecular complexity index is 1170. The lowest BCUT2D eigenvalue weighted by molar-refractivity contribution is -0.122. The van der Waals surface area contributed by atoms with Crippen LogP contribution in [-0.4, -0.2) is 71.0 Å². The van der Waals surface area contributed by atoms with Crippen LogP contribution in [0.3, 0.4) is 0 Å². The van der Waals surface area contributed by atoms with Crippen molar-refractivity contribution < 1.29 is 18.3 Å². The van der Waals surface area contributed by atoms with Crippen molar-refractivity contribution in [2.24, 2.45) is 5.92 Å². The highest BCUT2D eigenvalue weighted by Crippen LogP contribution is 2.28. The fraction of sp³-hybridized carbons (Fsp3) is 0.455. The molecule has 1 aromatic carbocycles. The van der Waals surface area contributed by atoms with Gasteiger partial charge in [-0.05, 0) is 70.0 Å². The number of aromatic nitrogens is 4. The van der Waals surface area contributed by atoms with Crippen molar-refractivity contribution in [1.82, 2.24) is 24.6 Å². The summed E-state index contributed by atoms with van der Waals surface area (Å²) in [6.07, 6.45) is 9.62. The molecule has 2 aromatic heterocycles. The summed E-state index contributed by atoms with van der Waals surface area (Å²) in [4.78, 5) is 20.0. The van der Waals surface area contributed by atoms with E-state index in [1.807, 2.05) is 10.9 Å². The minimum absolute atomic E-state index is 0.250. The van der Waals surface area contributed by atoms with Gasteiger partial charge in [-0.1, -0.05) is 0 Å². The summed E-state index contributed by atoms with van der Waals surface area (Å²) in [6, 6.07) is 7.26. The number of carboxylic acid groups (broad SMARTS) is 1. The number of sulfone groups is 1. The third-order valence-electron chi connectivity index (χ3n) is 5.89. The molecule has 2 N–H and O–H groups in total. The monoisotopic (exact) mass is 474 g/mol. The Morgan fingerprint density at radius 1 is 1.15 bits per heavy atom. The molecule has 1 fully saturated rings. The third-order valence-corrected chi connectivity index (χ3v) is 7.02. The van der Waals surface area contributed by atoms with Crippen molar-refractivity contribution in [2.45, 2.75) is 43.2 Å². The molecule has 0 spiro atoms. The van der Waals surface area contributed by atoms with Crippen LogP contribution in [0.4, 0.5) is 11.6 Å². The summed E-state index contributed by atoms with van der Waals surface area (Å²) in [7, 11) is 1.10. The molecule has 4 rings (SSSR count). The van der Waals surface area contributed by atoms with Gasteiger partial charge in [-0.15, -0.1) is 0 Å². The van der Waals surface area contributed by atoms with Gasteiger partial charge in [0.25, 0.3) is 6.47 Å². The summed E-state index contributed by atoms with van der Waals surface area (Å²) in [6.45, 7) is 0.614. The van der Waals surface area contributed by atoms with E-state index in [4.69, 9.17) is 9.90 Å². The highest BCUT2D eigenvalue weighted by atomic mass is 32.2. The highest BCUT2D eigenvalue weighted by Gasteiger charge is 2.23. The normalized spacial score (nSPS) is 18.5. The molecule has 0 unspecified atom stereocenters. The highest BCUT2D eigenvalue weighted by molar-refractivity contribution is 7.90. The molecule has 2 heterocycles. The maximum Gasteiger partial charge on any atom is 0.290 e. The van der Waals surface area contributed by atoms with Crippen LogP contribution in [0.25, 0.3) is 11.0 Å². The summed E-state index contributed by atoms with van der Waals surface area (Å²) < 4.78 is 25.2. The lowest BCUT2D eigenvalue weighted by Crippen LogP contribution is -2.33. The minimum Gasteiger partial charge on any atom is -0.483 e. The minimum atomic E-state index is -3.22. The number of anilines is 2. The van der Waals surface area contributed by atoms with Crippen molar-refractivity contribution in [2.75, 3.05) is 25.7 Å². The van der Waals surface area contributed by atoms with E-state index in [2.05, 4.69) is 39.4 Å². The Labute approximate surface area is 193 Å². The van der Waals surface area contributed by atoms with Crippen LogP contribution in [0, 0.1) is 5.92 Å². The lowest BCUT2D eigenvalue weighted by atomic mass is 9.85. The molecule has 0 saturated heterocycles. The van der Waals surface area contributed by atoms with Gasteiger partial charge in [-0.3, -0.25) is 4.79 Å². The number of fused-ring (bicyclic) bond motifs is 1. The van der Waals surface area contributed by atoms with Crippen molar-refractivity contribution >= 4 is 39.0 Å². The van der Waals surface area contributed by atoms with Crippen LogP contribution < -0.4 is 5.32 Å². The topological polar surface area (TPSA) is 130 Å². The molecule has 3 aromatic rings. The molecule has 33 heavy (non-hydrogen) atoms. The Morgan fingerprint density at radius 2 is 1.79 bits per heavy atom. The van der Waals surface area contributed by atoms with E-state index in [-0.39, 0.29) is 11.4 Å². The second-order valence-electron chi connectivity index (χ2n) is 8.46. The van der Waals surface area contributed by atoms with Gasteiger partial charge in [0.1, 0.15) is 0 Å². The summed E-state index contributed by atoms with van der Waals surface area (Å²) in [5.41, 5.74) is 1.55. The average Bonchev–Trinajstić information content (AvgIpc) is 3.16. The lowest BCUT2D eigenvalue weighted by Gasteiger charge is -2.32. The van der Waals surface area contributed by atoms with E-state index < -0.39 is 9.84 Å². The predicted molar refractivity (Wildman–Crippen MR) is 126 cm³/mol. The van der Waals surface area contributed by atoms with Crippen molar-refractivity contribution in [3.63, 3.8) is 0 Å². The quantitative estimate of drug-likeness (QED) is 0.518. The number of nitrogens with one attached hydrogen (secondary N) is 1. The second-order valence-corrected chi connectivity index (χ2v) is 10.5. The molecule has 10 nitrogen and oxygen atoms in total. The molecule has 1 aliphatic rings. The van der Waals surface area contributed by atoms with Gasteiger partial charge in [0, 0.05) is 30.7 Å². The third kappa shape index (κ3) is 6.48. The molecule has 178 valence electrons. The summed E-state index contributed by atoms with van der Waals surface area (Å²) in [5, 5.41) is 15.5. The van der Waals surface area contributed by atoms with Gasteiger partial charge in [0.05, 0.1) is 16.5 Å². The molecular weight excluding hydrogens is 444 g/mol. The number of nitrogens with zero attached hydrogens (tertiary/aromatic N) is 5. The number of hydrogen-bond acceptors (Lipinski definition) is 8. The first kappa shape index (κ1) is 24.6. The molecular formula is C22H30N6O4S. The van der Waals surface area contributed by atoms with E-state index in [1.54, 1.807) is 30.5 Å². The van der Waals surface area contributed by atoms with Gasteiger partial charge in [0.15, 0.2) is 15.5 Å². The molecule has 1 saturated carbocycles. The zero-order valence-corrected chi connectivity index (χ0v) is 19.9. The Balaban J connectivity index is 0.000000968. The molecule has 0 bridgehead atoms. The van der Waals surface area contributed by atoms with E-state index >= 15 is 0 Å². The van der Waals surface area contributed by atoms with Crippen LogP contribution in [0.1, 0.15) is 25.7 Å². The summed E-state index contributed by atoms with van der Waals surface area (Å²) in [5.74, 6) is 1.08. The van der Waals surface area contributed by atoms with Crippen LogP contribution in [0.2, 0.25) is 0 Å². The average molecular weight is 475 g/mol. The van der Waals surface area contributed by atoms with Gasteiger partial charge >= 0.3 is 0 Å². The zero-order valence-electron chi connectivity index (χ0n) is 19.0. The van der Waals surface area contributed by atoms with Crippen LogP contribution >= 0.6 is 0 Å². The van der Waals surface area contributed by atoms with Crippen LogP contribution in [-0.2, 0) is 21.2 Å². The number of benzene rings is 1. The fourth-order valence-electron chi connectivity index (χ4n) is 4.06. The number of carbonyl (C=O) groups is 1. The maximum absolute atomic E-state index is 11.6. The van der Waals surface area contributed by atoms with Gasteiger partial charge in [0.2, 0.25) is 5.95 Å². The van der Waals surface area contributed by atoms with Crippen molar-refractivity contribution in [3.8, 4) is 0 Å². The smallest absolute Gasteiger partial charge is 0.290 e. The van der Waals surface area contributed by atoms with Crippen LogP contribution in [0.5, 0.6) is 0 Å². The maximum atomic E-state index is 11.6. The van der Waals surface area contributed by atoms with Gasteiger partial charge in [-0.25, -0.2) is 18.1 Å². The first-order chi connectivity index (χ1) is 15.7. The zero-order chi connectivity index (χ0) is 24.0. The van der Waals surface area contributed by atoms with E-state index in [0.29, 0.717) is 17.9 Å². The van der Waals surface area contributed by atoms with E-state index in [9.17, 15) is 8.42 Å². The van der Waals surface area contributed by atoms with Gasteiger partial charge < -0.3 is 15.3 Å². The largest absolute Gasteiger partial charge is 0.483 e. The van der Waals surface area contributed by atoms with Gasteiger partial charge in [-0.2, -0.15) is 10.1 Å². The fourth-order valence-corrected chi connectivity index (χ4v) is 4.69. The molecule has 0 aliphatic heterocycles. The Morgan fingerprint density at radius 3 is 2.36 bits per heavy atom. The van der Waals surface area contributed by atoms with Crippen LogP contribution in [0.15, 0.2) is 41.6 Å². The predicted octanol–water partition coefficient (Wildman–Crippen LogP) is 2.79. The molecule has 0 radical (unpaired) electrons. The Kier molecular flexibility index (Phi) is 7.98. The van der Waals surface area contributed by atoms with Crippen molar-refractivity contribution in [3.05, 3.63) is 36.7 Å². The molecule has 0 atom stereocenters. The standard InChI is InChI=1S/C21H28N6O2S.CH2O2/c1-26(2)18-8-4-15(5-9-18)14-27-20-16(13-23-27)12-22-21(25-20)24-17-6-10-19(11-7-17)30(3,28)29;2-1-3/h6-7,10-13,15,18H,4-5,8-9,14H2,1-3H3,(H,22,24,25);1H,(H,2,3). The first-order valence-corrected chi connectivity index (χ1v) is 12.6. The van der Waals surface area contributed by atoms with Crippen molar-refractivity contribution in [1.29, 1.82) is 0 Å². The SMILES string of the molecule is CN(C)C1CCC(Cn2ncc3cnc(Nc4ccc(S(C)(=O)=O)cc4)nc32)CC1.O=CO. The second kappa shape index (κ2) is 10.7. The number of rotatable bonds is 6. The first-order valence-electron chi connectivity index (χ1n) is 10.7. The molecule has 11 heteroatoms. The molecule has 0 amide bonds. The molecule has 1 aliphatic carbocycles. The summed E-state index contributed by atoms with van der Waals surface area (Å²) >= 11 is 0. The Hall–Kier alpha value is -3.05. The van der Waals surface area contributed by atoms with E-state index in [1.165, 1.54) is 31.9 Å². The van der Waals surface area contributed by atoms with E-state index in [0.717, 1.165) is 23.3 Å².